The van der Waals surface area contributed by atoms with Crippen LogP contribution >= 0.6 is 23.2 Å². The lowest BCUT2D eigenvalue weighted by atomic mass is 9.98. The minimum Gasteiger partial charge on any atom is -0.345 e. The van der Waals surface area contributed by atoms with Crippen molar-refractivity contribution in [2.24, 2.45) is 5.92 Å². The fraction of sp³-hybridized carbons (Fsp3) is 0.385. The van der Waals surface area contributed by atoms with Gasteiger partial charge in [0.15, 0.2) is 0 Å². The number of anilines is 1. The number of nitrogens with zero attached hydrogens (tertiary/aromatic N) is 1. The van der Waals surface area contributed by atoms with Gasteiger partial charge in [-0.25, -0.2) is 0 Å². The summed E-state index contributed by atoms with van der Waals surface area (Å²) >= 11 is 12.0. The van der Waals surface area contributed by atoms with Gasteiger partial charge in [-0.15, -0.1) is 0 Å². The summed E-state index contributed by atoms with van der Waals surface area (Å²) < 4.78 is 0. The second-order valence-electron chi connectivity index (χ2n) is 4.77. The molecule has 1 N–H and O–H groups in total. The van der Waals surface area contributed by atoms with Crippen molar-refractivity contribution in [1.82, 2.24) is 5.32 Å². The van der Waals surface area contributed by atoms with Crippen molar-refractivity contribution >= 4 is 40.7 Å². The monoisotopic (exact) mass is 300 g/mol. The van der Waals surface area contributed by atoms with Crippen LogP contribution in [0.4, 0.5) is 5.69 Å². The molecular formula is C13H14Cl2N2O2. The fourth-order valence-corrected chi connectivity index (χ4v) is 2.69. The van der Waals surface area contributed by atoms with Crippen LogP contribution < -0.4 is 10.2 Å². The summed E-state index contributed by atoms with van der Waals surface area (Å²) in [7, 11) is 0. The lowest BCUT2D eigenvalue weighted by Gasteiger charge is -2.37. The lowest BCUT2D eigenvalue weighted by molar-refractivity contribution is -0.131. The van der Waals surface area contributed by atoms with Crippen molar-refractivity contribution < 1.29 is 9.59 Å². The third kappa shape index (κ3) is 2.69. The van der Waals surface area contributed by atoms with Gasteiger partial charge in [-0.05, 0) is 24.1 Å². The first-order valence-corrected chi connectivity index (χ1v) is 6.72. The lowest BCUT2D eigenvalue weighted by Crippen LogP contribution is -2.60. The Morgan fingerprint density at radius 3 is 2.58 bits per heavy atom. The highest BCUT2D eigenvalue weighted by atomic mass is 35.5. The van der Waals surface area contributed by atoms with E-state index in [-0.39, 0.29) is 24.3 Å². The van der Waals surface area contributed by atoms with E-state index >= 15 is 0 Å². The molecule has 1 saturated heterocycles. The zero-order chi connectivity index (χ0) is 14.2. The minimum atomic E-state index is -0.556. The Morgan fingerprint density at radius 2 is 2.00 bits per heavy atom. The van der Waals surface area contributed by atoms with Crippen molar-refractivity contribution in [2.45, 2.75) is 19.9 Å². The molecule has 2 amide bonds. The maximum absolute atomic E-state index is 12.1. The van der Waals surface area contributed by atoms with E-state index in [1.807, 2.05) is 13.8 Å². The van der Waals surface area contributed by atoms with Crippen LogP contribution in [0.2, 0.25) is 10.0 Å². The van der Waals surface area contributed by atoms with Crippen molar-refractivity contribution in [2.75, 3.05) is 11.4 Å². The summed E-state index contributed by atoms with van der Waals surface area (Å²) in [4.78, 5) is 25.5. The fourth-order valence-electron chi connectivity index (χ4n) is 2.19. The first-order chi connectivity index (χ1) is 8.91. The van der Waals surface area contributed by atoms with E-state index < -0.39 is 6.04 Å². The summed E-state index contributed by atoms with van der Waals surface area (Å²) in [6.07, 6.45) is 0. The topological polar surface area (TPSA) is 49.4 Å². The number of piperazine rings is 1. The Labute approximate surface area is 121 Å². The molecule has 0 aliphatic carbocycles. The van der Waals surface area contributed by atoms with Crippen LogP contribution in [0.1, 0.15) is 13.8 Å². The van der Waals surface area contributed by atoms with E-state index in [1.165, 1.54) is 4.90 Å². The largest absolute Gasteiger partial charge is 0.345 e. The number of carbonyl (C=O) groups is 2. The van der Waals surface area contributed by atoms with Crippen molar-refractivity contribution in [3.05, 3.63) is 28.2 Å². The van der Waals surface area contributed by atoms with Gasteiger partial charge in [-0.3, -0.25) is 14.5 Å². The highest BCUT2D eigenvalue weighted by Gasteiger charge is 2.38. The highest BCUT2D eigenvalue weighted by molar-refractivity contribution is 6.37. The molecule has 102 valence electrons. The molecular weight excluding hydrogens is 287 g/mol. The van der Waals surface area contributed by atoms with Crippen LogP contribution in [-0.4, -0.2) is 24.4 Å². The molecule has 0 radical (unpaired) electrons. The van der Waals surface area contributed by atoms with E-state index in [2.05, 4.69) is 5.32 Å². The van der Waals surface area contributed by atoms with Gasteiger partial charge in [0, 0.05) is 5.02 Å². The van der Waals surface area contributed by atoms with E-state index in [0.29, 0.717) is 15.7 Å². The first-order valence-electron chi connectivity index (χ1n) is 5.96. The molecule has 1 fully saturated rings. The van der Waals surface area contributed by atoms with E-state index in [4.69, 9.17) is 23.2 Å². The molecule has 1 aliphatic heterocycles. The van der Waals surface area contributed by atoms with Crippen LogP contribution in [0.5, 0.6) is 0 Å². The van der Waals surface area contributed by atoms with Gasteiger partial charge in [0.1, 0.15) is 6.04 Å². The van der Waals surface area contributed by atoms with Crippen LogP contribution in [0.15, 0.2) is 18.2 Å². The van der Waals surface area contributed by atoms with Gasteiger partial charge < -0.3 is 5.32 Å². The summed E-state index contributed by atoms with van der Waals surface area (Å²) in [5.41, 5.74) is 0.518. The predicted molar refractivity (Wildman–Crippen MR) is 75.6 cm³/mol. The van der Waals surface area contributed by atoms with E-state index in [9.17, 15) is 9.59 Å². The second-order valence-corrected chi connectivity index (χ2v) is 5.61. The molecule has 0 aromatic heterocycles. The Kier molecular flexibility index (Phi) is 4.02. The number of amides is 2. The number of benzene rings is 1. The third-order valence-corrected chi connectivity index (χ3v) is 3.57. The molecule has 1 aliphatic rings. The first kappa shape index (κ1) is 14.2. The number of rotatable bonds is 2. The molecule has 19 heavy (non-hydrogen) atoms. The number of hydrogen-bond donors (Lipinski definition) is 1. The predicted octanol–water partition coefficient (Wildman–Crippen LogP) is 2.48. The van der Waals surface area contributed by atoms with Gasteiger partial charge in [-0.2, -0.15) is 0 Å². The van der Waals surface area contributed by atoms with Gasteiger partial charge in [0.05, 0.1) is 17.3 Å². The number of hydrogen-bond acceptors (Lipinski definition) is 2. The van der Waals surface area contributed by atoms with Gasteiger partial charge in [0.25, 0.3) is 0 Å². The zero-order valence-electron chi connectivity index (χ0n) is 10.6. The molecule has 4 nitrogen and oxygen atoms in total. The Balaban J connectivity index is 2.48. The molecule has 6 heteroatoms. The summed E-state index contributed by atoms with van der Waals surface area (Å²) in [6, 6.07) is 4.33. The van der Waals surface area contributed by atoms with Crippen LogP contribution in [0.25, 0.3) is 0 Å². The summed E-state index contributed by atoms with van der Waals surface area (Å²) in [6.45, 7) is 3.76. The van der Waals surface area contributed by atoms with Crippen LogP contribution in [0, 0.1) is 5.92 Å². The normalized spacial score (nSPS) is 19.8. The molecule has 2 rings (SSSR count). The van der Waals surface area contributed by atoms with E-state index in [0.717, 1.165) is 0 Å². The molecule has 0 saturated carbocycles. The number of carbonyl (C=O) groups excluding carboxylic acids is 2. The Morgan fingerprint density at radius 1 is 1.32 bits per heavy atom. The molecule has 1 unspecified atom stereocenters. The van der Waals surface area contributed by atoms with E-state index in [1.54, 1.807) is 18.2 Å². The molecule has 0 spiro atoms. The second kappa shape index (κ2) is 5.39. The average Bonchev–Trinajstić information content (AvgIpc) is 2.32. The quantitative estimate of drug-likeness (QED) is 0.912. The van der Waals surface area contributed by atoms with Gasteiger partial charge >= 0.3 is 0 Å². The Hall–Kier alpha value is -1.26. The standard InChI is InChI=1S/C13H14Cl2N2O2/c1-7(2)12-13(19)16-6-11(18)17(12)10-4-3-8(14)5-9(10)15/h3-5,7,12H,6H2,1-2H3,(H,16,19). The van der Waals surface area contributed by atoms with Gasteiger partial charge in [-0.1, -0.05) is 37.0 Å². The van der Waals surface area contributed by atoms with Crippen molar-refractivity contribution in [1.29, 1.82) is 0 Å². The average molecular weight is 301 g/mol. The van der Waals surface area contributed by atoms with Crippen LogP contribution in [0.3, 0.4) is 0 Å². The molecule has 1 aromatic carbocycles. The highest BCUT2D eigenvalue weighted by Crippen LogP contribution is 2.32. The summed E-state index contributed by atoms with van der Waals surface area (Å²) in [5, 5.41) is 3.45. The SMILES string of the molecule is CC(C)C1C(=O)NCC(=O)N1c1ccc(Cl)cc1Cl. The molecule has 1 heterocycles. The van der Waals surface area contributed by atoms with Gasteiger partial charge in [0.2, 0.25) is 11.8 Å². The number of halogens is 2. The van der Waals surface area contributed by atoms with Crippen molar-refractivity contribution in [3.8, 4) is 0 Å². The Bertz CT molecular complexity index is 531. The summed E-state index contributed by atoms with van der Waals surface area (Å²) in [5.74, 6) is -0.362. The molecule has 1 aromatic rings. The molecule has 1 atom stereocenters. The zero-order valence-corrected chi connectivity index (χ0v) is 12.1. The third-order valence-electron chi connectivity index (χ3n) is 3.03. The minimum absolute atomic E-state index is 0.0129. The molecule has 0 bridgehead atoms. The smallest absolute Gasteiger partial charge is 0.247 e. The maximum Gasteiger partial charge on any atom is 0.247 e. The maximum atomic E-state index is 12.1. The number of nitrogens with one attached hydrogen (secondary N) is 1. The van der Waals surface area contributed by atoms with Crippen LogP contribution in [-0.2, 0) is 9.59 Å². The van der Waals surface area contributed by atoms with Crippen molar-refractivity contribution in [3.63, 3.8) is 0 Å².